The van der Waals surface area contributed by atoms with Crippen LogP contribution in [-0.2, 0) is 33.5 Å². The van der Waals surface area contributed by atoms with Crippen LogP contribution in [-0.4, -0.2) is 44.4 Å². The van der Waals surface area contributed by atoms with Gasteiger partial charge in [-0.1, -0.05) is 36.4 Å². The highest BCUT2D eigenvalue weighted by Crippen LogP contribution is 2.29. The number of aromatic nitrogens is 3. The van der Waals surface area contributed by atoms with Crippen molar-refractivity contribution in [2.24, 2.45) is 0 Å². The predicted molar refractivity (Wildman–Crippen MR) is 147 cm³/mol. The summed E-state index contributed by atoms with van der Waals surface area (Å²) in [5, 5.41) is 0. The standard InChI is InChI=1S/C31H27F3N4O3/c1-2-41-30(40)27(20-28-36-16-3-17-37-28)38(21-23-4-9-24(10-5-23)25-14-18-35-19-15-25)29(39)13-8-22-6-11-26(12-7-22)31(32,33)34/h3-19,27H,2,20-21H2,1H3/b13-8+. The zero-order chi connectivity index (χ0) is 29.2. The second-order valence-corrected chi connectivity index (χ2v) is 8.99. The number of esters is 1. The van der Waals surface area contributed by atoms with E-state index >= 15 is 0 Å². The Morgan fingerprint density at radius 1 is 0.902 bits per heavy atom. The van der Waals surface area contributed by atoms with Crippen LogP contribution < -0.4 is 0 Å². The van der Waals surface area contributed by atoms with Crippen LogP contribution in [0.5, 0.6) is 0 Å². The van der Waals surface area contributed by atoms with Gasteiger partial charge in [0.15, 0.2) is 0 Å². The highest BCUT2D eigenvalue weighted by atomic mass is 19.4. The van der Waals surface area contributed by atoms with Crippen molar-refractivity contribution in [2.45, 2.75) is 32.1 Å². The Bertz CT molecular complexity index is 1460. The third kappa shape index (κ3) is 8.07. The van der Waals surface area contributed by atoms with Gasteiger partial charge in [0.1, 0.15) is 11.9 Å². The van der Waals surface area contributed by atoms with E-state index in [2.05, 4.69) is 15.0 Å². The first kappa shape index (κ1) is 29.1. The fourth-order valence-corrected chi connectivity index (χ4v) is 4.10. The summed E-state index contributed by atoms with van der Waals surface area (Å²) < 4.78 is 44.1. The van der Waals surface area contributed by atoms with Gasteiger partial charge in [-0.05, 0) is 65.6 Å². The average Bonchev–Trinajstić information content (AvgIpc) is 2.99. The van der Waals surface area contributed by atoms with Crippen molar-refractivity contribution in [3.05, 3.63) is 120 Å². The van der Waals surface area contributed by atoms with E-state index in [0.29, 0.717) is 11.4 Å². The molecule has 0 saturated carbocycles. The first-order valence-electron chi connectivity index (χ1n) is 12.8. The Morgan fingerprint density at radius 2 is 1.54 bits per heavy atom. The number of benzene rings is 2. The molecule has 0 aliphatic heterocycles. The molecular formula is C31H27F3N4O3. The smallest absolute Gasteiger partial charge is 0.416 e. The van der Waals surface area contributed by atoms with E-state index in [1.807, 2.05) is 36.4 Å². The molecule has 210 valence electrons. The number of hydrogen-bond acceptors (Lipinski definition) is 6. The maximum atomic E-state index is 13.6. The molecule has 0 aliphatic rings. The van der Waals surface area contributed by atoms with Crippen molar-refractivity contribution in [1.82, 2.24) is 19.9 Å². The van der Waals surface area contributed by atoms with E-state index in [4.69, 9.17) is 4.74 Å². The zero-order valence-corrected chi connectivity index (χ0v) is 22.2. The molecule has 4 rings (SSSR count). The fraction of sp³-hybridized carbons (Fsp3) is 0.194. The Kier molecular flexibility index (Phi) is 9.57. The second kappa shape index (κ2) is 13.5. The van der Waals surface area contributed by atoms with Crippen molar-refractivity contribution < 1.29 is 27.5 Å². The lowest BCUT2D eigenvalue weighted by atomic mass is 10.0. The molecule has 1 unspecified atom stereocenters. The van der Waals surface area contributed by atoms with Crippen LogP contribution in [0.1, 0.15) is 29.4 Å². The molecule has 1 atom stereocenters. The Morgan fingerprint density at radius 3 is 2.15 bits per heavy atom. The molecule has 0 saturated heterocycles. The minimum absolute atomic E-state index is 0.00856. The number of ether oxygens (including phenoxy) is 1. The second-order valence-electron chi connectivity index (χ2n) is 8.99. The van der Waals surface area contributed by atoms with Gasteiger partial charge in [-0.3, -0.25) is 9.78 Å². The van der Waals surface area contributed by atoms with Crippen LogP contribution in [0.25, 0.3) is 17.2 Å². The zero-order valence-electron chi connectivity index (χ0n) is 22.2. The number of rotatable bonds is 10. The van der Waals surface area contributed by atoms with E-state index < -0.39 is 29.7 Å². The van der Waals surface area contributed by atoms with E-state index in [-0.39, 0.29) is 19.6 Å². The van der Waals surface area contributed by atoms with Crippen molar-refractivity contribution in [3.63, 3.8) is 0 Å². The molecule has 4 aromatic rings. The van der Waals surface area contributed by atoms with Crippen molar-refractivity contribution in [3.8, 4) is 11.1 Å². The first-order chi connectivity index (χ1) is 19.7. The third-order valence-corrected chi connectivity index (χ3v) is 6.19. The minimum Gasteiger partial charge on any atom is -0.464 e. The van der Waals surface area contributed by atoms with Gasteiger partial charge in [0.2, 0.25) is 5.91 Å². The average molecular weight is 561 g/mol. The Labute approximate surface area is 235 Å². The van der Waals surface area contributed by atoms with Gasteiger partial charge in [0.05, 0.1) is 12.2 Å². The number of alkyl halides is 3. The minimum atomic E-state index is -4.46. The largest absolute Gasteiger partial charge is 0.464 e. The summed E-state index contributed by atoms with van der Waals surface area (Å²) in [4.78, 5) is 40.5. The van der Waals surface area contributed by atoms with Crippen molar-refractivity contribution in [1.29, 1.82) is 0 Å². The van der Waals surface area contributed by atoms with Crippen LogP contribution >= 0.6 is 0 Å². The summed E-state index contributed by atoms with van der Waals surface area (Å²) in [6.07, 6.45) is 4.65. The summed E-state index contributed by atoms with van der Waals surface area (Å²) in [7, 11) is 0. The first-order valence-corrected chi connectivity index (χ1v) is 12.8. The Balaban J connectivity index is 1.64. The Hall–Kier alpha value is -4.86. The predicted octanol–water partition coefficient (Wildman–Crippen LogP) is 5.77. The number of halogens is 3. The highest BCUT2D eigenvalue weighted by molar-refractivity contribution is 5.94. The van der Waals surface area contributed by atoms with Gasteiger partial charge < -0.3 is 9.64 Å². The molecule has 0 aliphatic carbocycles. The van der Waals surface area contributed by atoms with E-state index in [1.54, 1.807) is 37.8 Å². The topological polar surface area (TPSA) is 85.3 Å². The molecular weight excluding hydrogens is 533 g/mol. The van der Waals surface area contributed by atoms with Crippen LogP contribution in [0.3, 0.4) is 0 Å². The molecule has 2 aromatic carbocycles. The highest BCUT2D eigenvalue weighted by Gasteiger charge is 2.32. The number of hydrogen-bond donors (Lipinski definition) is 0. The molecule has 0 spiro atoms. The molecule has 0 fully saturated rings. The molecule has 0 radical (unpaired) electrons. The maximum absolute atomic E-state index is 13.6. The lowest BCUT2D eigenvalue weighted by molar-refractivity contribution is -0.154. The number of nitrogens with zero attached hydrogens (tertiary/aromatic N) is 4. The van der Waals surface area contributed by atoms with E-state index in [0.717, 1.165) is 28.8 Å². The van der Waals surface area contributed by atoms with Crippen LogP contribution in [0.2, 0.25) is 0 Å². The summed E-state index contributed by atoms with van der Waals surface area (Å²) in [5.41, 5.74) is 2.29. The van der Waals surface area contributed by atoms with Gasteiger partial charge >= 0.3 is 12.1 Å². The number of carbonyl (C=O) groups excluding carboxylic acids is 2. The summed E-state index contributed by atoms with van der Waals surface area (Å²) in [5.74, 6) is -0.801. The summed E-state index contributed by atoms with van der Waals surface area (Å²) in [6.45, 7) is 1.83. The van der Waals surface area contributed by atoms with Gasteiger partial charge in [0, 0.05) is 43.8 Å². The van der Waals surface area contributed by atoms with E-state index in [1.165, 1.54) is 29.2 Å². The molecule has 0 bridgehead atoms. The van der Waals surface area contributed by atoms with E-state index in [9.17, 15) is 22.8 Å². The maximum Gasteiger partial charge on any atom is 0.416 e. The summed E-state index contributed by atoms with van der Waals surface area (Å²) in [6, 6.07) is 16.3. The number of carbonyl (C=O) groups is 2. The lowest BCUT2D eigenvalue weighted by Crippen LogP contribution is -2.46. The van der Waals surface area contributed by atoms with Gasteiger partial charge in [-0.2, -0.15) is 13.2 Å². The van der Waals surface area contributed by atoms with Crippen LogP contribution in [0.15, 0.2) is 97.6 Å². The SMILES string of the molecule is CCOC(=O)C(Cc1ncccn1)N(Cc1ccc(-c2ccncc2)cc1)C(=O)/C=C/c1ccc(C(F)(F)F)cc1. The quantitative estimate of drug-likeness (QED) is 0.181. The van der Waals surface area contributed by atoms with Gasteiger partial charge in [-0.15, -0.1) is 0 Å². The number of amides is 1. The fourth-order valence-electron chi connectivity index (χ4n) is 4.10. The lowest BCUT2D eigenvalue weighted by Gasteiger charge is -2.29. The molecule has 2 heterocycles. The van der Waals surface area contributed by atoms with Crippen molar-refractivity contribution >= 4 is 18.0 Å². The van der Waals surface area contributed by atoms with Crippen LogP contribution in [0, 0.1) is 0 Å². The van der Waals surface area contributed by atoms with Gasteiger partial charge in [0.25, 0.3) is 0 Å². The molecule has 7 nitrogen and oxygen atoms in total. The third-order valence-electron chi connectivity index (χ3n) is 6.19. The molecule has 1 amide bonds. The molecule has 41 heavy (non-hydrogen) atoms. The molecule has 0 N–H and O–H groups in total. The summed E-state index contributed by atoms with van der Waals surface area (Å²) >= 11 is 0. The normalized spacial score (nSPS) is 12.2. The van der Waals surface area contributed by atoms with Gasteiger partial charge in [-0.25, -0.2) is 14.8 Å². The van der Waals surface area contributed by atoms with Crippen LogP contribution in [0.4, 0.5) is 13.2 Å². The monoisotopic (exact) mass is 560 g/mol. The van der Waals surface area contributed by atoms with Crippen molar-refractivity contribution in [2.75, 3.05) is 6.61 Å². The molecule has 10 heteroatoms. The molecule has 2 aromatic heterocycles. The number of pyridine rings is 1.